The SMILES string of the molecule is CCCCN1CCC[C@H]1CN(Cc1cc(C)cc(C(c2ccccc2)(c2ccccc2)c2ccccc2)c1[O-])C(C)C.C[Si](C)(C)[N-][Si](C)(C)C.[Zn+2]. The van der Waals surface area contributed by atoms with Gasteiger partial charge in [-0.15, -0.1) is 0 Å². The topological polar surface area (TPSA) is 43.6 Å². The Morgan fingerprint density at radius 2 is 1.29 bits per heavy atom. The first kappa shape index (κ1) is 44.0. The summed E-state index contributed by atoms with van der Waals surface area (Å²) in [5.74, 6) is 0.150. The first-order valence-electron chi connectivity index (χ1n) is 19.4. The normalized spacial score (nSPS) is 15.3. The number of hydrogen-bond donors (Lipinski definition) is 0. The van der Waals surface area contributed by atoms with Crippen LogP contribution in [-0.4, -0.2) is 58.0 Å². The number of rotatable bonds is 14. The second-order valence-corrected chi connectivity index (χ2v) is 26.4. The second kappa shape index (κ2) is 19.8. The molecule has 0 unspecified atom stereocenters. The molecule has 4 nitrogen and oxygen atoms in total. The summed E-state index contributed by atoms with van der Waals surface area (Å²) in [6.07, 6.45) is 5.00. The van der Waals surface area contributed by atoms with Gasteiger partial charge in [0, 0.05) is 25.2 Å². The van der Waals surface area contributed by atoms with Gasteiger partial charge >= 0.3 is 19.5 Å². The van der Waals surface area contributed by atoms with Gasteiger partial charge in [0.25, 0.3) is 0 Å². The monoisotopic (exact) mass is 783 g/mol. The predicted molar refractivity (Wildman–Crippen MR) is 224 cm³/mol. The van der Waals surface area contributed by atoms with Crippen molar-refractivity contribution in [2.45, 2.75) is 117 Å². The first-order valence-corrected chi connectivity index (χ1v) is 26.2. The van der Waals surface area contributed by atoms with Crippen molar-refractivity contribution in [3.63, 3.8) is 0 Å². The van der Waals surface area contributed by atoms with E-state index in [0.717, 1.165) is 39.9 Å². The Bertz CT molecular complexity index is 1510. The molecule has 1 fully saturated rings. The summed E-state index contributed by atoms with van der Waals surface area (Å²) in [4.78, 5) is 5.22. The number of nitrogens with zero attached hydrogens (tertiary/aromatic N) is 3. The molecule has 1 aliphatic heterocycles. The van der Waals surface area contributed by atoms with E-state index in [2.05, 4.69) is 180 Å². The fourth-order valence-corrected chi connectivity index (χ4v) is 16.0. The fourth-order valence-electron chi connectivity index (χ4n) is 7.99. The summed E-state index contributed by atoms with van der Waals surface area (Å²) in [6.45, 7) is 26.8. The Hall–Kier alpha value is -2.38. The van der Waals surface area contributed by atoms with Crippen molar-refractivity contribution in [1.29, 1.82) is 0 Å². The van der Waals surface area contributed by atoms with Gasteiger partial charge in [-0.1, -0.05) is 184 Å². The summed E-state index contributed by atoms with van der Waals surface area (Å²) in [5, 5.41) is 14.9. The van der Waals surface area contributed by atoms with Gasteiger partial charge in [-0.25, -0.2) is 0 Å². The molecule has 5 rings (SSSR count). The van der Waals surface area contributed by atoms with E-state index in [4.69, 9.17) is 4.65 Å². The second-order valence-electron chi connectivity index (χ2n) is 16.8. The Kier molecular flexibility index (Phi) is 16.8. The Morgan fingerprint density at radius 1 is 0.808 bits per heavy atom. The zero-order valence-corrected chi connectivity index (χ0v) is 39.1. The maximum Gasteiger partial charge on any atom is 2.00 e. The van der Waals surface area contributed by atoms with Gasteiger partial charge in [0.15, 0.2) is 0 Å². The fraction of sp³-hybridized carbons (Fsp3) is 0.467. The third kappa shape index (κ3) is 11.8. The quantitative estimate of drug-likeness (QED) is 0.0945. The standard InChI is InChI=1S/C39H48N2O.C6H18NSi2.Zn/c1-5-6-24-40-25-16-23-36(40)29-41(30(2)3)28-32-26-31(4)27-37(38(32)42)39(33-17-10-7-11-18-33,34-19-12-8-13-20-34)35-21-14-9-15-22-35;1-8(2,3)7-9(4,5)6;/h7-15,17-22,26-27,30,36,42H,5-6,16,23-25,28-29H2,1-4H3;1-6H3;/q;-1;+2/p-1/t36-;;/m0../s1. The molecule has 1 aliphatic rings. The average Bonchev–Trinajstić information content (AvgIpc) is 3.52. The molecule has 0 radical (unpaired) electrons. The van der Waals surface area contributed by atoms with Gasteiger partial charge in [-0.3, -0.25) is 9.80 Å². The molecule has 1 atom stereocenters. The minimum absolute atomic E-state index is 0. The number of likely N-dealkylation sites (tertiary alicyclic amines) is 1. The molecule has 7 heteroatoms. The minimum Gasteiger partial charge on any atom is -0.872 e. The molecule has 0 aliphatic carbocycles. The maximum absolute atomic E-state index is 14.9. The van der Waals surface area contributed by atoms with Gasteiger partial charge in [-0.05, 0) is 80.9 Å². The van der Waals surface area contributed by atoms with Crippen molar-refractivity contribution in [2.75, 3.05) is 19.6 Å². The van der Waals surface area contributed by atoms with E-state index in [1.807, 2.05) is 0 Å². The van der Waals surface area contributed by atoms with Crippen LogP contribution in [0.25, 0.3) is 4.65 Å². The van der Waals surface area contributed by atoms with Gasteiger partial charge in [0.2, 0.25) is 0 Å². The van der Waals surface area contributed by atoms with Crippen LogP contribution in [-0.2, 0) is 31.4 Å². The van der Waals surface area contributed by atoms with Gasteiger partial charge in [-0.2, -0.15) is 0 Å². The van der Waals surface area contributed by atoms with Crippen molar-refractivity contribution >= 4 is 16.5 Å². The van der Waals surface area contributed by atoms with Crippen LogP contribution in [0.1, 0.15) is 79.8 Å². The van der Waals surface area contributed by atoms with Crippen molar-refractivity contribution in [3.8, 4) is 5.75 Å². The molecule has 0 amide bonds. The van der Waals surface area contributed by atoms with E-state index in [1.165, 1.54) is 38.8 Å². The molecular weight excluding hydrogens is 720 g/mol. The molecule has 4 aromatic carbocycles. The smallest absolute Gasteiger partial charge is 0.872 e. The molecule has 52 heavy (non-hydrogen) atoms. The molecule has 4 aromatic rings. The molecule has 1 heterocycles. The summed E-state index contributed by atoms with van der Waals surface area (Å²) in [6, 6.07) is 36.9. The van der Waals surface area contributed by atoms with Crippen LogP contribution in [0.4, 0.5) is 0 Å². The van der Waals surface area contributed by atoms with Crippen LogP contribution < -0.4 is 5.11 Å². The third-order valence-electron chi connectivity index (χ3n) is 9.85. The van der Waals surface area contributed by atoms with E-state index in [-0.39, 0.29) is 25.2 Å². The number of unbranched alkanes of at least 4 members (excludes halogenated alkanes) is 1. The number of hydrogen-bond acceptors (Lipinski definition) is 3. The Morgan fingerprint density at radius 3 is 1.69 bits per heavy atom. The van der Waals surface area contributed by atoms with Crippen molar-refractivity contribution in [1.82, 2.24) is 9.80 Å². The van der Waals surface area contributed by atoms with Crippen molar-refractivity contribution in [2.24, 2.45) is 0 Å². The summed E-state index contributed by atoms with van der Waals surface area (Å²) >= 11 is 0. The predicted octanol–water partition coefficient (Wildman–Crippen LogP) is 11.0. The summed E-state index contributed by atoms with van der Waals surface area (Å²) in [7, 11) is -2.21. The Balaban J connectivity index is 0.000000646. The van der Waals surface area contributed by atoms with E-state index in [9.17, 15) is 5.11 Å². The first-order chi connectivity index (χ1) is 24.2. The molecule has 0 aromatic heterocycles. The van der Waals surface area contributed by atoms with Crippen molar-refractivity contribution in [3.05, 3.63) is 141 Å². The third-order valence-corrected chi connectivity index (χ3v) is 15.2. The van der Waals surface area contributed by atoms with Crippen LogP contribution in [0.3, 0.4) is 0 Å². The van der Waals surface area contributed by atoms with Crippen LogP contribution in [0, 0.1) is 6.92 Å². The Labute approximate surface area is 332 Å². The molecule has 1 saturated heterocycles. The van der Waals surface area contributed by atoms with E-state index in [1.54, 1.807) is 0 Å². The molecule has 0 N–H and O–H groups in total. The molecule has 0 bridgehead atoms. The van der Waals surface area contributed by atoms with Gasteiger partial charge < -0.3 is 9.75 Å². The summed E-state index contributed by atoms with van der Waals surface area (Å²) in [5.41, 5.74) is 5.44. The molecule has 0 spiro atoms. The summed E-state index contributed by atoms with van der Waals surface area (Å²) < 4.78 is 4.82. The largest absolute Gasteiger partial charge is 2.00 e. The average molecular weight is 786 g/mol. The van der Waals surface area contributed by atoms with Crippen LogP contribution >= 0.6 is 0 Å². The number of aryl methyl sites for hydroxylation is 1. The molecular formula is C45H65N3OSi2Zn. The van der Waals surface area contributed by atoms with E-state index >= 15 is 0 Å². The van der Waals surface area contributed by atoms with Crippen LogP contribution in [0.15, 0.2) is 103 Å². The zero-order valence-electron chi connectivity index (χ0n) is 34.1. The zero-order chi connectivity index (χ0) is 37.2. The minimum atomic E-state index is -1.11. The van der Waals surface area contributed by atoms with Crippen LogP contribution in [0.5, 0.6) is 5.75 Å². The van der Waals surface area contributed by atoms with E-state index < -0.39 is 21.9 Å². The maximum atomic E-state index is 14.9. The number of benzene rings is 4. The molecule has 276 valence electrons. The van der Waals surface area contributed by atoms with Crippen molar-refractivity contribution < 1.29 is 24.6 Å². The van der Waals surface area contributed by atoms with Crippen LogP contribution in [0.2, 0.25) is 39.3 Å². The van der Waals surface area contributed by atoms with Gasteiger partial charge in [0.05, 0.1) is 5.41 Å². The van der Waals surface area contributed by atoms with Gasteiger partial charge in [0.1, 0.15) is 0 Å². The van der Waals surface area contributed by atoms with E-state index in [0.29, 0.717) is 18.6 Å². The molecule has 0 saturated carbocycles.